The van der Waals surface area contributed by atoms with Gasteiger partial charge in [-0.3, -0.25) is 9.59 Å². The average Bonchev–Trinajstić information content (AvgIpc) is 2.74. The van der Waals surface area contributed by atoms with Crippen LogP contribution in [0.25, 0.3) is 0 Å². The van der Waals surface area contributed by atoms with E-state index in [1.165, 1.54) is 4.90 Å². The summed E-state index contributed by atoms with van der Waals surface area (Å²) in [6.07, 6.45) is -1.81. The molecule has 10 heteroatoms. The van der Waals surface area contributed by atoms with Crippen molar-refractivity contribution < 1.29 is 32.2 Å². The highest BCUT2D eigenvalue weighted by atomic mass is 19.4. The van der Waals surface area contributed by atoms with Crippen LogP contribution in [0.4, 0.5) is 13.2 Å². The summed E-state index contributed by atoms with van der Waals surface area (Å²) >= 11 is 0. The Morgan fingerprint density at radius 1 is 1.32 bits per heavy atom. The van der Waals surface area contributed by atoms with E-state index < -0.39 is 35.3 Å². The number of carbonyl (C=O) groups is 2. The third-order valence-electron chi connectivity index (χ3n) is 5.27. The molecule has 0 saturated carbocycles. The van der Waals surface area contributed by atoms with E-state index in [4.69, 9.17) is 9.47 Å². The Morgan fingerprint density at radius 2 is 2.03 bits per heavy atom. The molecule has 1 fully saturated rings. The zero-order chi connectivity index (χ0) is 23.2. The Kier molecular flexibility index (Phi) is 8.67. The molecule has 0 radical (unpaired) electrons. The normalized spacial score (nSPS) is 18.7. The monoisotopic (exact) mass is 445 g/mol. The van der Waals surface area contributed by atoms with Crippen LogP contribution < -0.4 is 10.1 Å². The summed E-state index contributed by atoms with van der Waals surface area (Å²) in [4.78, 5) is 30.2. The minimum Gasteiger partial charge on any atom is -0.475 e. The molecule has 0 aromatic carbocycles. The highest BCUT2D eigenvalue weighted by Crippen LogP contribution is 2.32. The van der Waals surface area contributed by atoms with Crippen LogP contribution in [0, 0.1) is 5.92 Å². The first kappa shape index (κ1) is 24.9. The molecule has 174 valence electrons. The average molecular weight is 445 g/mol. The van der Waals surface area contributed by atoms with E-state index in [2.05, 4.69) is 10.3 Å². The van der Waals surface area contributed by atoms with E-state index >= 15 is 0 Å². The van der Waals surface area contributed by atoms with Crippen molar-refractivity contribution in [2.45, 2.75) is 57.9 Å². The summed E-state index contributed by atoms with van der Waals surface area (Å²) in [7, 11) is 3.15. The zero-order valence-corrected chi connectivity index (χ0v) is 18.3. The van der Waals surface area contributed by atoms with E-state index in [0.29, 0.717) is 13.0 Å². The third-order valence-corrected chi connectivity index (χ3v) is 5.27. The summed E-state index contributed by atoms with van der Waals surface area (Å²) in [6.45, 7) is 4.13. The number of hydrogen-bond acceptors (Lipinski definition) is 5. The number of nitrogens with zero attached hydrogens (tertiary/aromatic N) is 2. The Labute approximate surface area is 180 Å². The third kappa shape index (κ3) is 6.81. The molecule has 3 atom stereocenters. The lowest BCUT2D eigenvalue weighted by Gasteiger charge is -2.26. The van der Waals surface area contributed by atoms with Crippen molar-refractivity contribution in [1.29, 1.82) is 0 Å². The number of hydrogen-bond donors (Lipinski definition) is 1. The van der Waals surface area contributed by atoms with Crippen LogP contribution in [0.15, 0.2) is 12.1 Å². The predicted molar refractivity (Wildman–Crippen MR) is 108 cm³/mol. The van der Waals surface area contributed by atoms with Gasteiger partial charge in [-0.05, 0) is 31.7 Å². The predicted octanol–water partition coefficient (Wildman–Crippen LogP) is 3.28. The second-order valence-corrected chi connectivity index (χ2v) is 7.85. The molecule has 1 aromatic heterocycles. The number of aromatic nitrogens is 1. The van der Waals surface area contributed by atoms with Gasteiger partial charge in [0, 0.05) is 32.8 Å². The van der Waals surface area contributed by atoms with E-state index in [1.807, 2.05) is 0 Å². The second-order valence-electron chi connectivity index (χ2n) is 7.85. The molecule has 2 rings (SSSR count). The van der Waals surface area contributed by atoms with Crippen molar-refractivity contribution >= 4 is 11.8 Å². The first-order valence-electron chi connectivity index (χ1n) is 10.4. The molecule has 1 aliphatic heterocycles. The van der Waals surface area contributed by atoms with Crippen LogP contribution in [0.3, 0.4) is 0 Å². The van der Waals surface area contributed by atoms with Gasteiger partial charge in [-0.2, -0.15) is 13.2 Å². The van der Waals surface area contributed by atoms with Gasteiger partial charge in [-0.15, -0.1) is 0 Å². The first-order chi connectivity index (χ1) is 14.5. The standard InChI is InChI=1S/C21H30F3N3O4/c1-5-16(13(2)20(29)27(3)4)25-19(28)18-15(21(22,23)24)9-10-17(26-18)31-12-14-8-6-7-11-30-14/h9-10,13-14,16H,5-8,11-12H2,1-4H3,(H,25,28). The Hall–Kier alpha value is -2.36. The fourth-order valence-electron chi connectivity index (χ4n) is 3.44. The molecule has 1 aromatic rings. The van der Waals surface area contributed by atoms with Crippen molar-refractivity contribution in [3.8, 4) is 5.88 Å². The number of ether oxygens (including phenoxy) is 2. The molecule has 0 aliphatic carbocycles. The number of pyridine rings is 1. The number of halogens is 3. The molecule has 1 saturated heterocycles. The lowest BCUT2D eigenvalue weighted by atomic mass is 9.97. The number of amides is 2. The molecule has 2 heterocycles. The highest BCUT2D eigenvalue weighted by Gasteiger charge is 2.37. The highest BCUT2D eigenvalue weighted by molar-refractivity contribution is 5.94. The Balaban J connectivity index is 2.21. The quantitative estimate of drug-likeness (QED) is 0.664. The van der Waals surface area contributed by atoms with Gasteiger partial charge in [0.2, 0.25) is 11.8 Å². The van der Waals surface area contributed by atoms with Crippen molar-refractivity contribution in [1.82, 2.24) is 15.2 Å². The van der Waals surface area contributed by atoms with Gasteiger partial charge in [-0.25, -0.2) is 4.98 Å². The molecular weight excluding hydrogens is 415 g/mol. The van der Waals surface area contributed by atoms with Crippen LogP contribution in [-0.4, -0.2) is 61.2 Å². The molecule has 7 nitrogen and oxygen atoms in total. The number of rotatable bonds is 8. The molecule has 2 amide bonds. The lowest BCUT2D eigenvalue weighted by Crippen LogP contribution is -2.45. The first-order valence-corrected chi connectivity index (χ1v) is 10.4. The molecule has 0 spiro atoms. The summed E-state index contributed by atoms with van der Waals surface area (Å²) in [5, 5.41) is 2.53. The van der Waals surface area contributed by atoms with Gasteiger partial charge < -0.3 is 19.7 Å². The van der Waals surface area contributed by atoms with E-state index in [-0.39, 0.29) is 24.5 Å². The summed E-state index contributed by atoms with van der Waals surface area (Å²) in [6, 6.07) is 1.23. The SMILES string of the molecule is CCC(NC(=O)c1nc(OCC2CCCCO2)ccc1C(F)(F)F)C(C)C(=O)N(C)C. The van der Waals surface area contributed by atoms with Crippen molar-refractivity contribution in [3.05, 3.63) is 23.4 Å². The number of nitrogens with one attached hydrogen (secondary N) is 1. The van der Waals surface area contributed by atoms with Crippen LogP contribution in [0.2, 0.25) is 0 Å². The Bertz CT molecular complexity index is 765. The molecule has 1 N–H and O–H groups in total. The van der Waals surface area contributed by atoms with Gasteiger partial charge >= 0.3 is 6.18 Å². The van der Waals surface area contributed by atoms with Gasteiger partial charge in [0.1, 0.15) is 12.3 Å². The second kappa shape index (κ2) is 10.8. The van der Waals surface area contributed by atoms with Crippen LogP contribution >= 0.6 is 0 Å². The zero-order valence-electron chi connectivity index (χ0n) is 18.3. The maximum atomic E-state index is 13.5. The Morgan fingerprint density at radius 3 is 2.58 bits per heavy atom. The number of alkyl halides is 3. The van der Waals surface area contributed by atoms with Gasteiger partial charge in [-0.1, -0.05) is 13.8 Å². The van der Waals surface area contributed by atoms with Gasteiger partial charge in [0.25, 0.3) is 5.91 Å². The van der Waals surface area contributed by atoms with Crippen molar-refractivity contribution in [2.24, 2.45) is 5.92 Å². The molecule has 0 bridgehead atoms. The van der Waals surface area contributed by atoms with Crippen LogP contribution in [0.1, 0.15) is 55.6 Å². The largest absolute Gasteiger partial charge is 0.475 e. The van der Waals surface area contributed by atoms with E-state index in [9.17, 15) is 22.8 Å². The topological polar surface area (TPSA) is 80.8 Å². The fraction of sp³-hybridized carbons (Fsp3) is 0.667. The molecule has 31 heavy (non-hydrogen) atoms. The van der Waals surface area contributed by atoms with Crippen molar-refractivity contribution in [2.75, 3.05) is 27.3 Å². The summed E-state index contributed by atoms with van der Waals surface area (Å²) in [5.74, 6) is -1.93. The molecule has 1 aliphatic rings. The van der Waals surface area contributed by atoms with E-state index in [1.54, 1.807) is 27.9 Å². The van der Waals surface area contributed by atoms with Crippen molar-refractivity contribution in [3.63, 3.8) is 0 Å². The maximum absolute atomic E-state index is 13.5. The minimum atomic E-state index is -4.77. The number of carbonyl (C=O) groups excluding carboxylic acids is 2. The fourth-order valence-corrected chi connectivity index (χ4v) is 3.44. The molecular formula is C21H30F3N3O4. The van der Waals surface area contributed by atoms with Gasteiger partial charge in [0.15, 0.2) is 0 Å². The summed E-state index contributed by atoms with van der Waals surface area (Å²) in [5.41, 5.74) is -1.94. The maximum Gasteiger partial charge on any atom is 0.418 e. The smallest absolute Gasteiger partial charge is 0.418 e. The minimum absolute atomic E-state index is 0.0854. The van der Waals surface area contributed by atoms with E-state index in [0.717, 1.165) is 31.4 Å². The summed E-state index contributed by atoms with van der Waals surface area (Å²) < 4.78 is 51.5. The lowest BCUT2D eigenvalue weighted by molar-refractivity contribution is -0.138. The van der Waals surface area contributed by atoms with Crippen LogP contribution in [-0.2, 0) is 15.7 Å². The molecule has 3 unspecified atom stereocenters. The van der Waals surface area contributed by atoms with Crippen LogP contribution in [0.5, 0.6) is 5.88 Å². The van der Waals surface area contributed by atoms with Gasteiger partial charge in [0.05, 0.1) is 17.6 Å².